The predicted molar refractivity (Wildman–Crippen MR) is 216 cm³/mol. The lowest BCUT2D eigenvalue weighted by molar-refractivity contribution is -0.162. The van der Waals surface area contributed by atoms with Gasteiger partial charge in [-0.1, -0.05) is 78.0 Å². The number of fused-ring (bicyclic) bond motifs is 1. The maximum Gasteiger partial charge on any atom is 0.342 e. The number of hydrogen-bond acceptors (Lipinski definition) is 10. The third kappa shape index (κ3) is 12.6. The van der Waals surface area contributed by atoms with Gasteiger partial charge in [0.1, 0.15) is 30.3 Å². The van der Waals surface area contributed by atoms with Crippen LogP contribution in [0.4, 0.5) is 0 Å². The van der Waals surface area contributed by atoms with E-state index in [1.807, 2.05) is 26.0 Å². The first-order chi connectivity index (χ1) is 25.7. The number of carbonyl (C=O) groups excluding carboxylic acids is 3. The molecule has 0 bridgehead atoms. The van der Waals surface area contributed by atoms with Crippen molar-refractivity contribution in [3.8, 4) is 5.75 Å². The van der Waals surface area contributed by atoms with Crippen molar-refractivity contribution in [3.05, 3.63) is 54.1 Å². The second kappa shape index (κ2) is 19.1. The number of cyclic esters (lactones) is 1. The van der Waals surface area contributed by atoms with Gasteiger partial charge >= 0.3 is 25.4 Å². The molecule has 308 valence electrons. The highest BCUT2D eigenvalue weighted by atomic mass is 31.2. The van der Waals surface area contributed by atoms with Crippen molar-refractivity contribution in [3.63, 3.8) is 0 Å². The second-order valence-electron chi connectivity index (χ2n) is 17.5. The molecule has 1 unspecified atom stereocenters. The summed E-state index contributed by atoms with van der Waals surface area (Å²) in [5.74, 6) is -0.778. The maximum absolute atomic E-state index is 14.4. The Kier molecular flexibility index (Phi) is 15.6. The third-order valence-corrected chi connectivity index (χ3v) is 17.8. The van der Waals surface area contributed by atoms with E-state index in [1.165, 1.54) is 0 Å². The van der Waals surface area contributed by atoms with Gasteiger partial charge in [-0.2, -0.15) is 0 Å². The number of hydrogen-bond donors (Lipinski definition) is 1. The van der Waals surface area contributed by atoms with Crippen LogP contribution in [-0.2, 0) is 42.3 Å². The normalized spacial score (nSPS) is 27.9. The van der Waals surface area contributed by atoms with E-state index in [4.69, 9.17) is 27.9 Å². The molecule has 3 aliphatic rings. The number of benzene rings is 1. The fourth-order valence-corrected chi connectivity index (χ4v) is 10.3. The molecule has 1 N–H and O–H groups in total. The van der Waals surface area contributed by atoms with E-state index in [-0.39, 0.29) is 71.7 Å². The fourth-order valence-electron chi connectivity index (χ4n) is 7.22. The Labute approximate surface area is 330 Å². The Bertz CT molecular complexity index is 1570. The van der Waals surface area contributed by atoms with Crippen molar-refractivity contribution in [2.45, 2.75) is 156 Å². The number of para-hydroxylation sites is 1. The largest absolute Gasteiger partial charge is 0.462 e. The van der Waals surface area contributed by atoms with Crippen LogP contribution < -0.4 is 9.61 Å². The summed E-state index contributed by atoms with van der Waals surface area (Å²) in [5, 5.41) is 2.90. The lowest BCUT2D eigenvalue weighted by Gasteiger charge is -2.44. The molecular formula is C42H66NO10PSi. The number of ether oxygens (including phenoxy) is 4. The van der Waals surface area contributed by atoms with Crippen molar-refractivity contribution in [2.75, 3.05) is 6.35 Å². The van der Waals surface area contributed by atoms with Gasteiger partial charge in [-0.15, -0.1) is 0 Å². The molecule has 0 radical (unpaired) electrons. The molecule has 2 aliphatic carbocycles. The topological polar surface area (TPSA) is 136 Å². The molecule has 0 aromatic heterocycles. The number of rotatable bonds is 17. The average Bonchev–Trinajstić information content (AvgIpc) is 3.09. The van der Waals surface area contributed by atoms with Gasteiger partial charge in [0.2, 0.25) is 0 Å². The SMILES string of the molecule is CC[C@H](C)C(=O)O[C@H]1C[C@H](OCP(=O)(N[C@@H](C)C(=O)OC(C)C)Oc2ccccc2)C=C2C=C[C@H](C)[C@H](CC[C@@H]3C[C@@H](O[Si](C)(C)C(C)(C)C)CC(=O)O3)[C@H]21. The highest BCUT2D eigenvalue weighted by Gasteiger charge is 2.45. The summed E-state index contributed by atoms with van der Waals surface area (Å²) in [6.45, 7) is 22.1. The van der Waals surface area contributed by atoms with E-state index in [1.54, 1.807) is 45.0 Å². The molecule has 1 aliphatic heterocycles. The zero-order valence-corrected chi connectivity index (χ0v) is 36.8. The second-order valence-corrected chi connectivity index (χ2v) is 24.3. The maximum atomic E-state index is 14.4. The molecule has 0 saturated carbocycles. The monoisotopic (exact) mass is 803 g/mol. The van der Waals surface area contributed by atoms with Gasteiger partial charge in [-0.25, -0.2) is 5.09 Å². The minimum absolute atomic E-state index is 0.0307. The number of esters is 3. The Morgan fingerprint density at radius 1 is 1.04 bits per heavy atom. The Hall–Kier alpha value is -2.76. The standard InChI is InChI=1S/C42H66NO10PSi/c1-12-28(4)40(45)51-37-24-34(48-26-54(47,52-32-16-14-13-15-17-32)43-30(6)41(46)49-27(2)3)22-31-19-18-29(5)36(39(31)37)21-20-33-23-35(25-38(44)50-33)53-55(10,11)42(7,8)9/h13-19,22,27-30,33-37,39H,12,20-21,23-26H2,1-11H3,(H,43,47)/t28-,29-,30-,33+,34+,35+,36-,37-,39-,54?/m0/s1. The summed E-state index contributed by atoms with van der Waals surface area (Å²) in [7, 11) is -5.90. The van der Waals surface area contributed by atoms with Crippen LogP contribution in [0.15, 0.2) is 54.1 Å². The van der Waals surface area contributed by atoms with Crippen molar-refractivity contribution >= 4 is 33.7 Å². The predicted octanol–water partition coefficient (Wildman–Crippen LogP) is 9.13. The first-order valence-corrected chi connectivity index (χ1v) is 24.8. The molecule has 1 heterocycles. The van der Waals surface area contributed by atoms with Crippen LogP contribution >= 0.6 is 7.52 Å². The lowest BCUT2D eigenvalue weighted by atomic mass is 9.66. The minimum Gasteiger partial charge on any atom is -0.462 e. The first kappa shape index (κ1) is 44.9. The van der Waals surface area contributed by atoms with Crippen LogP contribution in [0.2, 0.25) is 18.1 Å². The minimum atomic E-state index is -3.82. The molecule has 10 atom stereocenters. The average molecular weight is 804 g/mol. The molecule has 11 nitrogen and oxygen atoms in total. The zero-order valence-electron chi connectivity index (χ0n) is 34.9. The van der Waals surface area contributed by atoms with Crippen molar-refractivity contribution in [1.29, 1.82) is 0 Å². The smallest absolute Gasteiger partial charge is 0.342 e. The Morgan fingerprint density at radius 2 is 1.73 bits per heavy atom. The summed E-state index contributed by atoms with van der Waals surface area (Å²) in [5.41, 5.74) is 0.988. The zero-order chi connectivity index (χ0) is 40.7. The van der Waals surface area contributed by atoms with E-state index < -0.39 is 40.1 Å². The summed E-state index contributed by atoms with van der Waals surface area (Å²) in [6.07, 6.45) is 7.48. The summed E-state index contributed by atoms with van der Waals surface area (Å²) < 4.78 is 50.9. The fraction of sp³-hybridized carbons (Fsp3) is 0.690. The van der Waals surface area contributed by atoms with Gasteiger partial charge in [0.05, 0.1) is 30.7 Å². The molecule has 1 aromatic rings. The third-order valence-electron chi connectivity index (χ3n) is 11.5. The molecule has 0 amide bonds. The lowest BCUT2D eigenvalue weighted by Crippen LogP contribution is -2.47. The van der Waals surface area contributed by atoms with E-state index >= 15 is 0 Å². The van der Waals surface area contributed by atoms with Gasteiger partial charge in [0.15, 0.2) is 8.32 Å². The molecule has 4 rings (SSSR count). The van der Waals surface area contributed by atoms with Gasteiger partial charge in [0, 0.05) is 18.8 Å². The van der Waals surface area contributed by atoms with Crippen LogP contribution in [0.3, 0.4) is 0 Å². The summed E-state index contributed by atoms with van der Waals surface area (Å²) in [6, 6.07) is 7.81. The first-order valence-electron chi connectivity index (χ1n) is 20.1. The summed E-state index contributed by atoms with van der Waals surface area (Å²) >= 11 is 0. The van der Waals surface area contributed by atoms with Crippen molar-refractivity contribution in [2.24, 2.45) is 23.7 Å². The molecule has 0 spiro atoms. The van der Waals surface area contributed by atoms with E-state index in [0.717, 1.165) is 12.0 Å². The van der Waals surface area contributed by atoms with Crippen LogP contribution in [0.1, 0.15) is 101 Å². The molecule has 1 saturated heterocycles. The van der Waals surface area contributed by atoms with Gasteiger partial charge in [-0.05, 0) is 87.7 Å². The molecule has 1 fully saturated rings. The van der Waals surface area contributed by atoms with Gasteiger partial charge < -0.3 is 27.9 Å². The van der Waals surface area contributed by atoms with Crippen LogP contribution in [0.5, 0.6) is 5.75 Å². The van der Waals surface area contributed by atoms with E-state index in [2.05, 4.69) is 58.0 Å². The highest BCUT2D eigenvalue weighted by Crippen LogP contribution is 2.48. The van der Waals surface area contributed by atoms with Crippen molar-refractivity contribution in [1.82, 2.24) is 5.09 Å². The van der Waals surface area contributed by atoms with Gasteiger partial charge in [-0.3, -0.25) is 18.9 Å². The van der Waals surface area contributed by atoms with E-state index in [0.29, 0.717) is 31.4 Å². The molecule has 55 heavy (non-hydrogen) atoms. The van der Waals surface area contributed by atoms with Crippen LogP contribution in [-0.4, -0.2) is 69.1 Å². The quantitative estimate of drug-likeness (QED) is 0.0699. The summed E-state index contributed by atoms with van der Waals surface area (Å²) in [4.78, 5) is 38.9. The number of allylic oxidation sites excluding steroid dienone is 2. The Morgan fingerprint density at radius 3 is 2.36 bits per heavy atom. The number of carbonyl (C=O) groups is 3. The van der Waals surface area contributed by atoms with Crippen molar-refractivity contribution < 1.29 is 46.8 Å². The molecular weight excluding hydrogens is 738 g/mol. The van der Waals surface area contributed by atoms with E-state index in [9.17, 15) is 18.9 Å². The van der Waals surface area contributed by atoms with Gasteiger partial charge in [0.25, 0.3) is 0 Å². The molecule has 13 heteroatoms. The van der Waals surface area contributed by atoms with Crippen LogP contribution in [0.25, 0.3) is 0 Å². The highest BCUT2D eigenvalue weighted by molar-refractivity contribution is 7.57. The Balaban J connectivity index is 1.55. The molecule has 1 aromatic carbocycles. The van der Waals surface area contributed by atoms with Crippen LogP contribution in [0, 0.1) is 23.7 Å². The number of nitrogens with one attached hydrogen (secondary N) is 1.